The van der Waals surface area contributed by atoms with Crippen LogP contribution in [0.3, 0.4) is 0 Å². The highest BCUT2D eigenvalue weighted by Gasteiger charge is 2.08. The van der Waals surface area contributed by atoms with Gasteiger partial charge in [-0.25, -0.2) is 0 Å². The molecule has 0 saturated heterocycles. The third-order valence-electron chi connectivity index (χ3n) is 3.49. The van der Waals surface area contributed by atoms with E-state index in [0.717, 1.165) is 11.1 Å². The summed E-state index contributed by atoms with van der Waals surface area (Å²) in [7, 11) is 0. The Balaban J connectivity index is 2.06. The summed E-state index contributed by atoms with van der Waals surface area (Å²) in [6.07, 6.45) is 0. The molecule has 0 aromatic heterocycles. The average Bonchev–Trinajstić information content (AvgIpc) is 2.40. The van der Waals surface area contributed by atoms with Crippen LogP contribution in [0.15, 0.2) is 42.5 Å². The molecule has 0 fully saturated rings. The van der Waals surface area contributed by atoms with Crippen molar-refractivity contribution in [2.45, 2.75) is 33.4 Å². The number of aromatic hydroxyl groups is 1. The fourth-order valence-electron chi connectivity index (χ4n) is 2.30. The molecule has 2 heteroatoms. The van der Waals surface area contributed by atoms with Gasteiger partial charge in [0, 0.05) is 18.2 Å². The molecule has 0 radical (unpaired) electrons. The minimum atomic E-state index is 0.265. The van der Waals surface area contributed by atoms with E-state index in [2.05, 4.69) is 43.4 Å². The number of benzene rings is 2. The SMILES string of the molecule is Cc1ccc(O)c(CN[C@H](C)c2ccccc2C)c1. The largest absolute Gasteiger partial charge is 0.508 e. The molecule has 1 atom stereocenters. The zero-order valence-electron chi connectivity index (χ0n) is 11.8. The quantitative estimate of drug-likeness (QED) is 0.869. The van der Waals surface area contributed by atoms with Crippen LogP contribution in [0.1, 0.15) is 35.2 Å². The molecule has 19 heavy (non-hydrogen) atoms. The van der Waals surface area contributed by atoms with E-state index >= 15 is 0 Å². The van der Waals surface area contributed by atoms with Crippen molar-refractivity contribution in [3.05, 3.63) is 64.7 Å². The molecule has 0 aliphatic heterocycles. The predicted octanol–water partition coefficient (Wildman–Crippen LogP) is 3.86. The molecule has 2 aromatic rings. The average molecular weight is 255 g/mol. The molecule has 2 aromatic carbocycles. The second-order valence-electron chi connectivity index (χ2n) is 5.09. The first-order chi connectivity index (χ1) is 9.08. The zero-order valence-corrected chi connectivity index (χ0v) is 11.8. The lowest BCUT2D eigenvalue weighted by Crippen LogP contribution is -2.19. The third-order valence-corrected chi connectivity index (χ3v) is 3.49. The van der Waals surface area contributed by atoms with Crippen LogP contribution in [0, 0.1) is 13.8 Å². The van der Waals surface area contributed by atoms with Gasteiger partial charge in [-0.2, -0.15) is 0 Å². The Hall–Kier alpha value is -1.80. The Morgan fingerprint density at radius 2 is 1.84 bits per heavy atom. The van der Waals surface area contributed by atoms with Crippen LogP contribution in [0.4, 0.5) is 0 Å². The lowest BCUT2D eigenvalue weighted by Gasteiger charge is -2.17. The molecule has 2 nitrogen and oxygen atoms in total. The number of nitrogens with one attached hydrogen (secondary N) is 1. The highest BCUT2D eigenvalue weighted by Crippen LogP contribution is 2.21. The van der Waals surface area contributed by atoms with Crippen molar-refractivity contribution in [2.24, 2.45) is 0 Å². The van der Waals surface area contributed by atoms with E-state index in [1.165, 1.54) is 11.1 Å². The van der Waals surface area contributed by atoms with E-state index in [4.69, 9.17) is 0 Å². The minimum Gasteiger partial charge on any atom is -0.508 e. The Bertz CT molecular complexity index is 563. The topological polar surface area (TPSA) is 32.3 Å². The normalized spacial score (nSPS) is 12.4. The van der Waals surface area contributed by atoms with Gasteiger partial charge < -0.3 is 10.4 Å². The van der Waals surface area contributed by atoms with E-state index in [9.17, 15) is 5.11 Å². The first-order valence-electron chi connectivity index (χ1n) is 6.65. The van der Waals surface area contributed by atoms with Gasteiger partial charge >= 0.3 is 0 Å². The molecule has 0 saturated carbocycles. The van der Waals surface area contributed by atoms with Gasteiger partial charge in [0.05, 0.1) is 0 Å². The van der Waals surface area contributed by atoms with Crippen molar-refractivity contribution in [1.82, 2.24) is 5.32 Å². The monoisotopic (exact) mass is 255 g/mol. The van der Waals surface area contributed by atoms with Crippen LogP contribution < -0.4 is 5.32 Å². The van der Waals surface area contributed by atoms with Crippen molar-refractivity contribution < 1.29 is 5.11 Å². The molecular formula is C17H21NO. The third kappa shape index (κ3) is 3.36. The van der Waals surface area contributed by atoms with Gasteiger partial charge in [0.1, 0.15) is 5.75 Å². The molecular weight excluding hydrogens is 234 g/mol. The first-order valence-corrected chi connectivity index (χ1v) is 6.65. The summed E-state index contributed by atoms with van der Waals surface area (Å²) in [5, 5.41) is 13.3. The summed E-state index contributed by atoms with van der Waals surface area (Å²) in [6, 6.07) is 14.3. The van der Waals surface area contributed by atoms with Crippen LogP contribution in [-0.2, 0) is 6.54 Å². The molecule has 0 spiro atoms. The van der Waals surface area contributed by atoms with Crippen molar-refractivity contribution in [3.8, 4) is 5.75 Å². The fourth-order valence-corrected chi connectivity index (χ4v) is 2.30. The molecule has 0 aliphatic carbocycles. The van der Waals surface area contributed by atoms with E-state index in [0.29, 0.717) is 12.3 Å². The number of phenols is 1. The summed E-state index contributed by atoms with van der Waals surface area (Å²) in [4.78, 5) is 0. The number of hydrogen-bond donors (Lipinski definition) is 2. The summed E-state index contributed by atoms with van der Waals surface area (Å²) < 4.78 is 0. The molecule has 0 amide bonds. The molecule has 0 heterocycles. The highest BCUT2D eigenvalue weighted by molar-refractivity contribution is 5.36. The Labute approximate surface area is 115 Å². The number of phenolic OH excluding ortho intramolecular Hbond substituents is 1. The van der Waals surface area contributed by atoms with E-state index < -0.39 is 0 Å². The zero-order chi connectivity index (χ0) is 13.8. The van der Waals surface area contributed by atoms with E-state index in [-0.39, 0.29) is 6.04 Å². The van der Waals surface area contributed by atoms with E-state index in [1.807, 2.05) is 19.1 Å². The molecule has 0 aliphatic rings. The fraction of sp³-hybridized carbons (Fsp3) is 0.294. The second kappa shape index (κ2) is 5.89. The van der Waals surface area contributed by atoms with Crippen LogP contribution in [-0.4, -0.2) is 5.11 Å². The first kappa shape index (κ1) is 13.6. The van der Waals surface area contributed by atoms with Gasteiger partial charge in [0.25, 0.3) is 0 Å². The van der Waals surface area contributed by atoms with Crippen LogP contribution in [0.25, 0.3) is 0 Å². The lowest BCUT2D eigenvalue weighted by molar-refractivity contribution is 0.460. The predicted molar refractivity (Wildman–Crippen MR) is 79.3 cm³/mol. The summed E-state index contributed by atoms with van der Waals surface area (Å²) in [6.45, 7) is 6.98. The Morgan fingerprint density at radius 3 is 2.58 bits per heavy atom. The summed E-state index contributed by atoms with van der Waals surface area (Å²) >= 11 is 0. The minimum absolute atomic E-state index is 0.265. The van der Waals surface area contributed by atoms with Crippen LogP contribution >= 0.6 is 0 Å². The number of aryl methyl sites for hydroxylation is 2. The van der Waals surface area contributed by atoms with Crippen LogP contribution in [0.5, 0.6) is 5.75 Å². The second-order valence-corrected chi connectivity index (χ2v) is 5.09. The van der Waals surface area contributed by atoms with Gasteiger partial charge in [0.2, 0.25) is 0 Å². The maximum Gasteiger partial charge on any atom is 0.120 e. The van der Waals surface area contributed by atoms with Crippen molar-refractivity contribution in [3.63, 3.8) is 0 Å². The molecule has 0 unspecified atom stereocenters. The van der Waals surface area contributed by atoms with E-state index in [1.54, 1.807) is 6.07 Å². The molecule has 100 valence electrons. The number of hydrogen-bond acceptors (Lipinski definition) is 2. The van der Waals surface area contributed by atoms with Gasteiger partial charge in [0.15, 0.2) is 0 Å². The molecule has 2 rings (SSSR count). The smallest absolute Gasteiger partial charge is 0.120 e. The molecule has 0 bridgehead atoms. The molecule has 2 N–H and O–H groups in total. The standard InChI is InChI=1S/C17H21NO/c1-12-8-9-17(19)15(10-12)11-18-14(3)16-7-5-4-6-13(16)2/h4-10,14,18-19H,11H2,1-3H3/t14-/m1/s1. The van der Waals surface area contributed by atoms with Gasteiger partial charge in [-0.05, 0) is 38.0 Å². The maximum absolute atomic E-state index is 9.83. The van der Waals surface area contributed by atoms with Gasteiger partial charge in [-0.15, -0.1) is 0 Å². The number of rotatable bonds is 4. The Kier molecular flexibility index (Phi) is 4.23. The maximum atomic E-state index is 9.83. The van der Waals surface area contributed by atoms with Crippen molar-refractivity contribution >= 4 is 0 Å². The van der Waals surface area contributed by atoms with Gasteiger partial charge in [-0.3, -0.25) is 0 Å². The van der Waals surface area contributed by atoms with Crippen molar-refractivity contribution in [2.75, 3.05) is 0 Å². The summed E-state index contributed by atoms with van der Waals surface area (Å²) in [5.41, 5.74) is 4.70. The highest BCUT2D eigenvalue weighted by atomic mass is 16.3. The lowest BCUT2D eigenvalue weighted by atomic mass is 10.0. The van der Waals surface area contributed by atoms with Crippen LogP contribution in [0.2, 0.25) is 0 Å². The summed E-state index contributed by atoms with van der Waals surface area (Å²) in [5.74, 6) is 0.357. The van der Waals surface area contributed by atoms with Gasteiger partial charge in [-0.1, -0.05) is 42.0 Å². The Morgan fingerprint density at radius 1 is 1.11 bits per heavy atom. The van der Waals surface area contributed by atoms with Crippen molar-refractivity contribution in [1.29, 1.82) is 0 Å².